The third-order valence-electron chi connectivity index (χ3n) is 3.42. The van der Waals surface area contributed by atoms with Gasteiger partial charge in [-0.15, -0.1) is 11.3 Å². The maximum absolute atomic E-state index is 6.22. The van der Waals surface area contributed by atoms with Crippen LogP contribution in [0.25, 0.3) is 10.7 Å². The van der Waals surface area contributed by atoms with Gasteiger partial charge in [-0.3, -0.25) is 0 Å². The van der Waals surface area contributed by atoms with Crippen LogP contribution in [0, 0.1) is 0 Å². The van der Waals surface area contributed by atoms with E-state index in [-0.39, 0.29) is 0 Å². The standard InChI is InChI=1S/C14H18ClN5S/c1-2-16-13-17-12(11-10(15)6-9-21-11)18-14(19-13)20-7-4-3-5-8-20/h6,9H,2-5,7-8H2,1H3,(H,16,17,18,19). The van der Waals surface area contributed by atoms with Crippen molar-refractivity contribution in [2.45, 2.75) is 26.2 Å². The van der Waals surface area contributed by atoms with Gasteiger partial charge in [0, 0.05) is 19.6 Å². The number of anilines is 2. The molecule has 5 nitrogen and oxygen atoms in total. The maximum Gasteiger partial charge on any atom is 0.230 e. The highest BCUT2D eigenvalue weighted by Crippen LogP contribution is 2.32. The van der Waals surface area contributed by atoms with Crippen LogP contribution in [0.3, 0.4) is 0 Å². The molecule has 112 valence electrons. The summed E-state index contributed by atoms with van der Waals surface area (Å²) in [6.45, 7) is 4.82. The summed E-state index contributed by atoms with van der Waals surface area (Å²) in [5, 5.41) is 5.83. The molecule has 2 aromatic rings. The number of thiophene rings is 1. The first-order valence-corrected chi connectivity index (χ1v) is 8.52. The molecule has 21 heavy (non-hydrogen) atoms. The minimum atomic E-state index is 0.618. The zero-order valence-corrected chi connectivity index (χ0v) is 13.5. The Bertz CT molecular complexity index is 609. The Hall–Kier alpha value is -1.40. The molecule has 1 aliphatic rings. The lowest BCUT2D eigenvalue weighted by atomic mass is 10.1. The van der Waals surface area contributed by atoms with Crippen LogP contribution in [0.2, 0.25) is 5.02 Å². The molecular formula is C14H18ClN5S. The van der Waals surface area contributed by atoms with E-state index in [1.54, 1.807) is 11.3 Å². The van der Waals surface area contributed by atoms with Crippen molar-refractivity contribution in [1.82, 2.24) is 15.0 Å². The van der Waals surface area contributed by atoms with Gasteiger partial charge in [-0.25, -0.2) is 0 Å². The summed E-state index contributed by atoms with van der Waals surface area (Å²) in [7, 11) is 0. The second kappa shape index (κ2) is 6.58. The largest absolute Gasteiger partial charge is 0.354 e. The summed E-state index contributed by atoms with van der Waals surface area (Å²) in [5.41, 5.74) is 0. The zero-order chi connectivity index (χ0) is 14.7. The third kappa shape index (κ3) is 3.27. The van der Waals surface area contributed by atoms with Gasteiger partial charge in [-0.2, -0.15) is 15.0 Å². The van der Waals surface area contributed by atoms with Crippen molar-refractivity contribution in [3.63, 3.8) is 0 Å². The Morgan fingerprint density at radius 3 is 2.71 bits per heavy atom. The van der Waals surface area contributed by atoms with Gasteiger partial charge in [-0.05, 0) is 37.6 Å². The van der Waals surface area contributed by atoms with Crippen LogP contribution in [0.15, 0.2) is 11.4 Å². The summed E-state index contributed by atoms with van der Waals surface area (Å²) >= 11 is 7.77. The highest BCUT2D eigenvalue weighted by molar-refractivity contribution is 7.14. The Kier molecular flexibility index (Phi) is 4.55. The predicted molar refractivity (Wildman–Crippen MR) is 88.4 cm³/mol. The number of nitrogens with one attached hydrogen (secondary N) is 1. The van der Waals surface area contributed by atoms with E-state index in [2.05, 4.69) is 25.2 Å². The molecule has 0 spiro atoms. The van der Waals surface area contributed by atoms with Crippen LogP contribution in [0.4, 0.5) is 11.9 Å². The quantitative estimate of drug-likeness (QED) is 0.930. The first-order valence-electron chi connectivity index (χ1n) is 7.26. The molecule has 1 aliphatic heterocycles. The Balaban J connectivity index is 1.99. The first kappa shape index (κ1) is 14.5. The Morgan fingerprint density at radius 1 is 1.24 bits per heavy atom. The van der Waals surface area contributed by atoms with Crippen molar-refractivity contribution < 1.29 is 0 Å². The maximum atomic E-state index is 6.22. The van der Waals surface area contributed by atoms with E-state index >= 15 is 0 Å². The van der Waals surface area contributed by atoms with E-state index in [0.29, 0.717) is 16.8 Å². The number of halogens is 1. The van der Waals surface area contributed by atoms with Crippen LogP contribution in [0.5, 0.6) is 0 Å². The van der Waals surface area contributed by atoms with Gasteiger partial charge in [0.05, 0.1) is 9.90 Å². The number of hydrogen-bond donors (Lipinski definition) is 1. The summed E-state index contributed by atoms with van der Waals surface area (Å²) < 4.78 is 0. The predicted octanol–water partition coefficient (Wildman–Crippen LogP) is 3.68. The van der Waals surface area contributed by atoms with E-state index in [1.165, 1.54) is 19.3 Å². The topological polar surface area (TPSA) is 53.9 Å². The lowest BCUT2D eigenvalue weighted by Crippen LogP contribution is -2.31. The molecule has 0 aromatic carbocycles. The SMILES string of the molecule is CCNc1nc(-c2sccc2Cl)nc(N2CCCCC2)n1. The van der Waals surface area contributed by atoms with Gasteiger partial charge in [0.1, 0.15) is 0 Å². The molecule has 1 N–H and O–H groups in total. The molecule has 0 aliphatic carbocycles. The normalized spacial score (nSPS) is 15.2. The van der Waals surface area contributed by atoms with E-state index in [9.17, 15) is 0 Å². The molecule has 3 heterocycles. The van der Waals surface area contributed by atoms with E-state index < -0.39 is 0 Å². The minimum Gasteiger partial charge on any atom is -0.354 e. The van der Waals surface area contributed by atoms with Crippen LogP contribution in [-0.2, 0) is 0 Å². The summed E-state index contributed by atoms with van der Waals surface area (Å²) in [6.07, 6.45) is 3.67. The molecule has 0 atom stereocenters. The lowest BCUT2D eigenvalue weighted by Gasteiger charge is -2.26. The highest BCUT2D eigenvalue weighted by Gasteiger charge is 2.18. The average molecular weight is 324 g/mol. The fraction of sp³-hybridized carbons (Fsp3) is 0.500. The van der Waals surface area contributed by atoms with Gasteiger partial charge in [-0.1, -0.05) is 11.6 Å². The van der Waals surface area contributed by atoms with Crippen molar-refractivity contribution in [2.24, 2.45) is 0 Å². The van der Waals surface area contributed by atoms with Crippen molar-refractivity contribution >= 4 is 34.8 Å². The van der Waals surface area contributed by atoms with Crippen LogP contribution < -0.4 is 10.2 Å². The van der Waals surface area contributed by atoms with E-state index in [0.717, 1.165) is 30.5 Å². The minimum absolute atomic E-state index is 0.618. The van der Waals surface area contributed by atoms with Gasteiger partial charge in [0.25, 0.3) is 0 Å². The number of aromatic nitrogens is 3. The lowest BCUT2D eigenvalue weighted by molar-refractivity contribution is 0.568. The molecule has 0 amide bonds. The van der Waals surface area contributed by atoms with Gasteiger partial charge < -0.3 is 10.2 Å². The molecule has 3 rings (SSSR count). The molecule has 7 heteroatoms. The Labute approximate surface area is 133 Å². The van der Waals surface area contributed by atoms with Crippen LogP contribution in [0.1, 0.15) is 26.2 Å². The molecule has 0 saturated carbocycles. The fourth-order valence-electron chi connectivity index (χ4n) is 2.39. The molecule has 1 saturated heterocycles. The van der Waals surface area contributed by atoms with E-state index in [4.69, 9.17) is 11.6 Å². The average Bonchev–Trinajstić information content (AvgIpc) is 2.94. The number of rotatable bonds is 4. The van der Waals surface area contributed by atoms with Crippen LogP contribution >= 0.6 is 22.9 Å². The zero-order valence-electron chi connectivity index (χ0n) is 12.0. The first-order chi connectivity index (χ1) is 10.3. The molecule has 0 radical (unpaired) electrons. The third-order valence-corrected chi connectivity index (χ3v) is 4.76. The highest BCUT2D eigenvalue weighted by atomic mass is 35.5. The second-order valence-electron chi connectivity index (χ2n) is 4.96. The summed E-state index contributed by atoms with van der Waals surface area (Å²) in [6, 6.07) is 1.87. The van der Waals surface area contributed by atoms with Gasteiger partial charge >= 0.3 is 0 Å². The van der Waals surface area contributed by atoms with E-state index in [1.807, 2.05) is 18.4 Å². The van der Waals surface area contributed by atoms with Gasteiger partial charge in [0.15, 0.2) is 5.82 Å². The molecular weight excluding hydrogens is 306 g/mol. The van der Waals surface area contributed by atoms with Gasteiger partial charge in [0.2, 0.25) is 11.9 Å². The molecule has 1 fully saturated rings. The van der Waals surface area contributed by atoms with Crippen molar-refractivity contribution in [3.8, 4) is 10.7 Å². The molecule has 2 aromatic heterocycles. The number of nitrogens with zero attached hydrogens (tertiary/aromatic N) is 4. The van der Waals surface area contributed by atoms with Crippen molar-refractivity contribution in [3.05, 3.63) is 16.5 Å². The Morgan fingerprint density at radius 2 is 2.05 bits per heavy atom. The number of hydrogen-bond acceptors (Lipinski definition) is 6. The number of piperidine rings is 1. The monoisotopic (exact) mass is 323 g/mol. The van der Waals surface area contributed by atoms with Crippen molar-refractivity contribution in [1.29, 1.82) is 0 Å². The summed E-state index contributed by atoms with van der Waals surface area (Å²) in [5.74, 6) is 2.02. The smallest absolute Gasteiger partial charge is 0.230 e. The summed E-state index contributed by atoms with van der Waals surface area (Å²) in [4.78, 5) is 16.8. The molecule has 0 unspecified atom stereocenters. The molecule has 0 bridgehead atoms. The van der Waals surface area contributed by atoms with Crippen LogP contribution in [-0.4, -0.2) is 34.6 Å². The van der Waals surface area contributed by atoms with Crippen molar-refractivity contribution in [2.75, 3.05) is 29.9 Å². The second-order valence-corrected chi connectivity index (χ2v) is 6.28. The fourth-order valence-corrected chi connectivity index (χ4v) is 3.47.